The standard InChI is InChI=1S/C75H48B2O6Si/c1-45-35-54-56-36-48(74(78)80-43-46-21-7-2-8-22-46)38-65-72(56)77(60-32-18-20-34-64(60)82-65)62-41-58-67(84(50-25-11-4-12-26-50,51-27-13-5-14-28-51)52-29-15-6-16-30-52)42-55-57-37-49(75(79)81-44-47-23-9-3-10-24-47)39-66-73(57)76(59-31-17-19-33-63(59)83-66)61-40-53(45)70(68(54)62)71(58)69(55)61/h2-42H,43-44H2,1H3. The molecule has 0 fully saturated rings. The van der Waals surface area contributed by atoms with Crippen molar-refractivity contribution in [2.45, 2.75) is 20.1 Å². The Labute approximate surface area is 487 Å². The van der Waals surface area contributed by atoms with E-state index in [1.54, 1.807) is 0 Å². The van der Waals surface area contributed by atoms with E-state index in [0.717, 1.165) is 88.5 Å². The summed E-state index contributed by atoms with van der Waals surface area (Å²) in [6.07, 6.45) is 0. The molecule has 0 atom stereocenters. The third kappa shape index (κ3) is 7.06. The van der Waals surface area contributed by atoms with Crippen LogP contribution in [0.1, 0.15) is 37.4 Å². The average molecular weight is 1090 g/mol. The number of esters is 2. The molecular weight excluding hydrogens is 1050 g/mol. The number of ether oxygens (including phenoxy) is 4. The van der Waals surface area contributed by atoms with Crippen LogP contribution in [-0.2, 0) is 22.7 Å². The molecule has 0 aliphatic carbocycles. The second-order valence-corrected chi connectivity index (χ2v) is 26.5. The highest BCUT2D eigenvalue weighted by Crippen LogP contribution is 2.48. The second-order valence-electron chi connectivity index (χ2n) is 22.7. The number of hydrogen-bond acceptors (Lipinski definition) is 6. The second kappa shape index (κ2) is 18.7. The third-order valence-corrected chi connectivity index (χ3v) is 23.1. The summed E-state index contributed by atoms with van der Waals surface area (Å²) in [5, 5.41) is 12.0. The van der Waals surface area contributed by atoms with Gasteiger partial charge < -0.3 is 18.9 Å². The summed E-state index contributed by atoms with van der Waals surface area (Å²) >= 11 is 0. The van der Waals surface area contributed by atoms with Crippen molar-refractivity contribution in [2.24, 2.45) is 0 Å². The smallest absolute Gasteiger partial charge is 0.338 e. The van der Waals surface area contributed by atoms with E-state index in [0.29, 0.717) is 22.6 Å². The molecule has 0 amide bonds. The molecule has 0 spiro atoms. The van der Waals surface area contributed by atoms with Crippen LogP contribution < -0.4 is 63.0 Å². The van der Waals surface area contributed by atoms with Gasteiger partial charge in [-0.2, -0.15) is 0 Å². The number of carbonyl (C=O) groups excluding carboxylic acids is 2. The zero-order chi connectivity index (χ0) is 55.8. The largest absolute Gasteiger partial charge is 0.458 e. The molecule has 9 heteroatoms. The van der Waals surface area contributed by atoms with Crippen LogP contribution in [0.25, 0.3) is 54.6 Å². The number of hydrogen-bond donors (Lipinski definition) is 0. The van der Waals surface area contributed by atoms with Gasteiger partial charge in [-0.15, -0.1) is 0 Å². The Kier molecular flexibility index (Phi) is 10.8. The maximum absolute atomic E-state index is 14.7. The van der Waals surface area contributed by atoms with E-state index < -0.39 is 20.0 Å². The molecule has 4 heterocycles. The summed E-state index contributed by atoms with van der Waals surface area (Å²) in [7, 11) is -3.39. The predicted molar refractivity (Wildman–Crippen MR) is 343 cm³/mol. The van der Waals surface area contributed by atoms with Gasteiger partial charge in [-0.3, -0.25) is 0 Å². The third-order valence-electron chi connectivity index (χ3n) is 18.3. The van der Waals surface area contributed by atoms with Gasteiger partial charge in [0.25, 0.3) is 13.4 Å². The number of para-hydroxylation sites is 2. The maximum Gasteiger partial charge on any atom is 0.338 e. The summed E-state index contributed by atoms with van der Waals surface area (Å²) in [6, 6.07) is 87.6. The first-order valence-electron chi connectivity index (χ1n) is 28.7. The van der Waals surface area contributed by atoms with E-state index in [9.17, 15) is 9.59 Å². The quantitative estimate of drug-likeness (QED) is 0.0588. The normalized spacial score (nSPS) is 12.9. The van der Waals surface area contributed by atoms with E-state index in [4.69, 9.17) is 18.9 Å². The van der Waals surface area contributed by atoms with Crippen LogP contribution in [-0.4, -0.2) is 33.4 Å². The molecule has 84 heavy (non-hydrogen) atoms. The highest BCUT2D eigenvalue weighted by atomic mass is 28.3. The molecule has 13 aromatic carbocycles. The topological polar surface area (TPSA) is 71.1 Å². The van der Waals surface area contributed by atoms with Gasteiger partial charge in [0.15, 0.2) is 8.07 Å². The van der Waals surface area contributed by atoms with Gasteiger partial charge in [0.1, 0.15) is 36.2 Å². The van der Waals surface area contributed by atoms with Crippen molar-refractivity contribution in [3.8, 4) is 45.3 Å². The molecule has 13 aromatic rings. The zero-order valence-corrected chi connectivity index (χ0v) is 46.7. The molecular formula is C75H48B2O6Si. The van der Waals surface area contributed by atoms with Crippen molar-refractivity contribution in [3.63, 3.8) is 0 Å². The number of rotatable bonds is 10. The first kappa shape index (κ1) is 48.5. The molecule has 0 bridgehead atoms. The van der Waals surface area contributed by atoms with Crippen molar-refractivity contribution in [2.75, 3.05) is 0 Å². The summed E-state index contributed by atoms with van der Waals surface area (Å²) in [5.74, 6) is 1.96. The molecule has 0 N–H and O–H groups in total. The number of carbonyl (C=O) groups is 2. The SMILES string of the molecule is Cc1cc2c3c(cc4c([Si](c5ccccc5)(c5ccccc5)c5ccccc5)cc5c6c(cc1c3c46)B1c3ccccc3Oc3cc(C(=O)OCc4ccccc4)cc-5c31)B1c3ccccc3Oc3cc(C(=O)OCc4ccccc4)cc-2c31. The minimum absolute atomic E-state index is 0.132. The molecule has 4 aliphatic rings. The van der Waals surface area contributed by atoms with Crippen LogP contribution >= 0.6 is 0 Å². The summed E-state index contributed by atoms with van der Waals surface area (Å²) < 4.78 is 26.3. The Hall–Kier alpha value is -10.2. The zero-order valence-electron chi connectivity index (χ0n) is 45.7. The summed E-state index contributed by atoms with van der Waals surface area (Å²) in [4.78, 5) is 29.2. The van der Waals surface area contributed by atoms with Crippen molar-refractivity contribution >= 4 is 119 Å². The molecule has 0 aromatic heterocycles. The van der Waals surface area contributed by atoms with Crippen LogP contribution in [0.3, 0.4) is 0 Å². The van der Waals surface area contributed by atoms with Gasteiger partial charge in [-0.1, -0.05) is 223 Å². The Balaban J connectivity index is 1.03. The van der Waals surface area contributed by atoms with E-state index in [-0.39, 0.29) is 26.6 Å². The van der Waals surface area contributed by atoms with Gasteiger partial charge in [0, 0.05) is 0 Å². The highest BCUT2D eigenvalue weighted by molar-refractivity contribution is 7.21. The van der Waals surface area contributed by atoms with Crippen molar-refractivity contribution in [1.82, 2.24) is 0 Å². The van der Waals surface area contributed by atoms with Crippen molar-refractivity contribution in [3.05, 3.63) is 277 Å². The monoisotopic (exact) mass is 1090 g/mol. The summed E-state index contributed by atoms with van der Waals surface area (Å²) in [5.41, 5.74) is 14.3. The number of benzene rings is 13. The molecule has 0 saturated carbocycles. The Morgan fingerprint density at radius 1 is 0.381 bits per heavy atom. The first-order chi connectivity index (χ1) is 41.4. The Morgan fingerprint density at radius 3 is 1.24 bits per heavy atom. The van der Waals surface area contributed by atoms with Gasteiger partial charge >= 0.3 is 11.9 Å². The Morgan fingerprint density at radius 2 is 0.774 bits per heavy atom. The van der Waals surface area contributed by atoms with Crippen LogP contribution in [0.15, 0.2) is 249 Å². The van der Waals surface area contributed by atoms with Crippen LogP contribution in [0.4, 0.5) is 0 Å². The van der Waals surface area contributed by atoms with Gasteiger partial charge in [-0.05, 0) is 157 Å². The molecule has 0 radical (unpaired) electrons. The predicted octanol–water partition coefficient (Wildman–Crippen LogP) is 10.2. The van der Waals surface area contributed by atoms with E-state index in [1.807, 2.05) is 103 Å². The fourth-order valence-corrected chi connectivity index (χ4v) is 19.8. The maximum atomic E-state index is 14.7. The molecule has 6 nitrogen and oxygen atoms in total. The van der Waals surface area contributed by atoms with Crippen molar-refractivity contribution in [1.29, 1.82) is 0 Å². The van der Waals surface area contributed by atoms with Gasteiger partial charge in [0.05, 0.1) is 11.1 Å². The lowest BCUT2D eigenvalue weighted by molar-refractivity contribution is 0.0464. The van der Waals surface area contributed by atoms with Crippen LogP contribution in [0.5, 0.6) is 23.0 Å². The molecule has 0 unspecified atom stereocenters. The first-order valence-corrected chi connectivity index (χ1v) is 30.7. The van der Waals surface area contributed by atoms with E-state index in [2.05, 4.69) is 153 Å². The van der Waals surface area contributed by atoms with Crippen LogP contribution in [0, 0.1) is 6.92 Å². The molecule has 4 aliphatic heterocycles. The minimum Gasteiger partial charge on any atom is -0.458 e. The minimum atomic E-state index is -3.39. The highest BCUT2D eigenvalue weighted by Gasteiger charge is 2.48. The molecule has 0 saturated heterocycles. The molecule has 17 rings (SSSR count). The summed E-state index contributed by atoms with van der Waals surface area (Å²) in [6.45, 7) is 2.02. The lowest BCUT2D eigenvalue weighted by Crippen LogP contribution is -2.75. The van der Waals surface area contributed by atoms with Gasteiger partial charge in [-0.25, -0.2) is 9.59 Å². The number of aryl methyl sites for hydroxylation is 1. The lowest BCUT2D eigenvalue weighted by Gasteiger charge is -2.40. The molecule has 394 valence electrons. The van der Waals surface area contributed by atoms with Gasteiger partial charge in [0.2, 0.25) is 0 Å². The van der Waals surface area contributed by atoms with E-state index in [1.165, 1.54) is 47.8 Å². The van der Waals surface area contributed by atoms with Crippen LogP contribution in [0.2, 0.25) is 0 Å². The van der Waals surface area contributed by atoms with Crippen molar-refractivity contribution < 1.29 is 28.5 Å². The fourth-order valence-electron chi connectivity index (χ4n) is 14.8. The fraction of sp³-hybridized carbons (Fsp3) is 0.0400. The average Bonchev–Trinajstić information content (AvgIpc) is 0.726. The Bertz CT molecular complexity index is 4810. The lowest BCUT2D eigenvalue weighted by atomic mass is 9.32. The number of fused-ring (bicyclic) bond motifs is 8. The van der Waals surface area contributed by atoms with E-state index >= 15 is 0 Å².